The summed E-state index contributed by atoms with van der Waals surface area (Å²) in [5.41, 5.74) is 1.88. The molecule has 0 bridgehead atoms. The molecule has 124 valence electrons. The van der Waals surface area contributed by atoms with Crippen molar-refractivity contribution in [3.05, 3.63) is 34.3 Å². The second-order valence-corrected chi connectivity index (χ2v) is 8.18. The van der Waals surface area contributed by atoms with Crippen molar-refractivity contribution in [2.45, 2.75) is 50.0 Å². The van der Waals surface area contributed by atoms with Crippen molar-refractivity contribution in [3.8, 4) is 0 Å². The number of hydrogen-bond acceptors (Lipinski definition) is 2. The Morgan fingerprint density at radius 2 is 1.83 bits per heavy atom. The summed E-state index contributed by atoms with van der Waals surface area (Å²) in [6.45, 7) is 2.56. The van der Waals surface area contributed by atoms with E-state index in [0.717, 1.165) is 55.8 Å². The lowest BCUT2D eigenvalue weighted by Crippen LogP contribution is -2.45. The largest absolute Gasteiger partial charge is 0.368 e. The zero-order valence-electron chi connectivity index (χ0n) is 13.5. The summed E-state index contributed by atoms with van der Waals surface area (Å²) < 4.78 is 6.71. The van der Waals surface area contributed by atoms with Crippen LogP contribution in [0.3, 0.4) is 0 Å². The van der Waals surface area contributed by atoms with Gasteiger partial charge < -0.3 is 9.64 Å². The topological polar surface area (TPSA) is 29.5 Å². The molecule has 1 aromatic carbocycles. The maximum atomic E-state index is 12.5. The number of halogens is 1. The molecule has 2 aliphatic heterocycles. The highest BCUT2D eigenvalue weighted by molar-refractivity contribution is 9.10. The Kier molecular flexibility index (Phi) is 4.22. The highest BCUT2D eigenvalue weighted by atomic mass is 79.9. The molecule has 3 nitrogen and oxygen atoms in total. The van der Waals surface area contributed by atoms with E-state index >= 15 is 0 Å². The number of hydrogen-bond donors (Lipinski definition) is 0. The van der Waals surface area contributed by atoms with E-state index in [0.29, 0.717) is 5.41 Å². The van der Waals surface area contributed by atoms with Crippen LogP contribution in [0, 0.1) is 5.92 Å². The van der Waals surface area contributed by atoms with Crippen LogP contribution in [-0.4, -0.2) is 36.6 Å². The van der Waals surface area contributed by atoms with Gasteiger partial charge in [-0.3, -0.25) is 4.79 Å². The lowest BCUT2D eigenvalue weighted by atomic mass is 9.77. The van der Waals surface area contributed by atoms with Crippen molar-refractivity contribution in [1.82, 2.24) is 4.90 Å². The molecule has 23 heavy (non-hydrogen) atoms. The van der Waals surface area contributed by atoms with E-state index < -0.39 is 0 Å². The number of piperidine rings is 1. The Balaban J connectivity index is 1.39. The molecular weight excluding hydrogens is 354 g/mol. The summed E-state index contributed by atoms with van der Waals surface area (Å²) in [6.07, 6.45) is 6.65. The number of nitrogens with zero attached hydrogens (tertiary/aromatic N) is 1. The average molecular weight is 378 g/mol. The van der Waals surface area contributed by atoms with Crippen LogP contribution in [-0.2, 0) is 14.9 Å². The number of benzene rings is 1. The van der Waals surface area contributed by atoms with E-state index in [1.807, 2.05) is 4.90 Å². The fourth-order valence-electron chi connectivity index (χ4n) is 4.48. The van der Waals surface area contributed by atoms with Gasteiger partial charge in [-0.25, -0.2) is 0 Å². The predicted octanol–water partition coefficient (Wildman–Crippen LogP) is 3.90. The molecule has 4 rings (SSSR count). The summed E-state index contributed by atoms with van der Waals surface area (Å²) >= 11 is 3.53. The second kappa shape index (κ2) is 6.21. The SMILES string of the molecule is O=C(C1CCCO1)N1CCC(C2(c3ccc(Br)cc3)CC2)CC1. The first-order valence-corrected chi connectivity index (χ1v) is 9.65. The Hall–Kier alpha value is -0.870. The first-order valence-electron chi connectivity index (χ1n) is 8.85. The van der Waals surface area contributed by atoms with Gasteiger partial charge in [-0.15, -0.1) is 0 Å². The quantitative estimate of drug-likeness (QED) is 0.799. The van der Waals surface area contributed by atoms with E-state index in [2.05, 4.69) is 40.2 Å². The second-order valence-electron chi connectivity index (χ2n) is 7.26. The molecule has 1 aromatic rings. The maximum Gasteiger partial charge on any atom is 0.251 e. The number of amides is 1. The molecule has 0 N–H and O–H groups in total. The van der Waals surface area contributed by atoms with Crippen molar-refractivity contribution in [2.24, 2.45) is 5.92 Å². The average Bonchev–Trinajstić information content (AvgIpc) is 3.21. The van der Waals surface area contributed by atoms with Crippen molar-refractivity contribution < 1.29 is 9.53 Å². The molecule has 2 saturated heterocycles. The van der Waals surface area contributed by atoms with Crippen LogP contribution in [0.1, 0.15) is 44.1 Å². The van der Waals surface area contributed by atoms with E-state index in [1.54, 1.807) is 0 Å². The number of carbonyl (C=O) groups excluding carboxylic acids is 1. The third kappa shape index (κ3) is 2.96. The van der Waals surface area contributed by atoms with Gasteiger partial charge in [0.05, 0.1) is 0 Å². The number of ether oxygens (including phenoxy) is 1. The van der Waals surface area contributed by atoms with Gasteiger partial charge >= 0.3 is 0 Å². The molecule has 1 aliphatic carbocycles. The van der Waals surface area contributed by atoms with E-state index in [4.69, 9.17) is 4.74 Å². The number of likely N-dealkylation sites (tertiary alicyclic amines) is 1. The van der Waals surface area contributed by atoms with Crippen LogP contribution in [0.2, 0.25) is 0 Å². The highest BCUT2D eigenvalue weighted by Gasteiger charge is 2.51. The Morgan fingerprint density at radius 3 is 2.39 bits per heavy atom. The van der Waals surface area contributed by atoms with Gasteiger partial charge in [0.15, 0.2) is 0 Å². The molecule has 3 fully saturated rings. The van der Waals surface area contributed by atoms with Gasteiger partial charge in [-0.2, -0.15) is 0 Å². The molecular formula is C19H24BrNO2. The van der Waals surface area contributed by atoms with Crippen LogP contribution < -0.4 is 0 Å². The normalized spacial score (nSPS) is 27.2. The van der Waals surface area contributed by atoms with Gasteiger partial charge in [0.2, 0.25) is 0 Å². The molecule has 1 unspecified atom stereocenters. The van der Waals surface area contributed by atoms with E-state index in [-0.39, 0.29) is 12.0 Å². The number of rotatable bonds is 3. The highest BCUT2D eigenvalue weighted by Crippen LogP contribution is 2.56. The van der Waals surface area contributed by atoms with Gasteiger partial charge in [0, 0.05) is 24.2 Å². The fraction of sp³-hybridized carbons (Fsp3) is 0.632. The molecule has 2 heterocycles. The smallest absolute Gasteiger partial charge is 0.251 e. The predicted molar refractivity (Wildman–Crippen MR) is 93.3 cm³/mol. The Labute approximate surface area is 146 Å². The molecule has 0 radical (unpaired) electrons. The Morgan fingerprint density at radius 1 is 1.13 bits per heavy atom. The van der Waals surface area contributed by atoms with Crippen LogP contribution in [0.4, 0.5) is 0 Å². The van der Waals surface area contributed by atoms with E-state index in [1.165, 1.54) is 18.4 Å². The van der Waals surface area contributed by atoms with Gasteiger partial charge in [-0.1, -0.05) is 28.1 Å². The van der Waals surface area contributed by atoms with Crippen LogP contribution in [0.15, 0.2) is 28.7 Å². The van der Waals surface area contributed by atoms with Gasteiger partial charge in [-0.05, 0) is 67.6 Å². The van der Waals surface area contributed by atoms with Crippen LogP contribution >= 0.6 is 15.9 Å². The third-order valence-corrected chi connectivity index (χ3v) is 6.53. The van der Waals surface area contributed by atoms with E-state index in [9.17, 15) is 4.79 Å². The molecule has 1 saturated carbocycles. The van der Waals surface area contributed by atoms with Crippen molar-refractivity contribution in [3.63, 3.8) is 0 Å². The van der Waals surface area contributed by atoms with Gasteiger partial charge in [0.25, 0.3) is 5.91 Å². The minimum absolute atomic E-state index is 0.159. The summed E-state index contributed by atoms with van der Waals surface area (Å²) in [4.78, 5) is 14.5. The minimum atomic E-state index is -0.159. The lowest BCUT2D eigenvalue weighted by Gasteiger charge is -2.37. The molecule has 3 aliphatic rings. The molecule has 0 spiro atoms. The monoisotopic (exact) mass is 377 g/mol. The Bertz CT molecular complexity index is 568. The fourth-order valence-corrected chi connectivity index (χ4v) is 4.74. The van der Waals surface area contributed by atoms with Crippen molar-refractivity contribution in [2.75, 3.05) is 19.7 Å². The molecule has 1 atom stereocenters. The number of carbonyl (C=O) groups is 1. The zero-order chi connectivity index (χ0) is 15.9. The third-order valence-electron chi connectivity index (χ3n) is 6.00. The maximum absolute atomic E-state index is 12.5. The zero-order valence-corrected chi connectivity index (χ0v) is 15.1. The summed E-state index contributed by atoms with van der Waals surface area (Å²) in [5, 5.41) is 0. The first kappa shape index (κ1) is 15.6. The molecule has 1 amide bonds. The van der Waals surface area contributed by atoms with Gasteiger partial charge in [0.1, 0.15) is 6.10 Å². The van der Waals surface area contributed by atoms with Crippen LogP contribution in [0.25, 0.3) is 0 Å². The lowest BCUT2D eigenvalue weighted by molar-refractivity contribution is -0.142. The van der Waals surface area contributed by atoms with Crippen molar-refractivity contribution in [1.29, 1.82) is 0 Å². The summed E-state index contributed by atoms with van der Waals surface area (Å²) in [7, 11) is 0. The summed E-state index contributed by atoms with van der Waals surface area (Å²) in [5.74, 6) is 0.951. The minimum Gasteiger partial charge on any atom is -0.368 e. The first-order chi connectivity index (χ1) is 11.2. The standard InChI is InChI=1S/C19H24BrNO2/c20-16-5-3-14(4-6-16)19(9-10-19)15-7-11-21(12-8-15)18(22)17-2-1-13-23-17/h3-6,15,17H,1-2,7-13H2. The summed E-state index contributed by atoms with van der Waals surface area (Å²) in [6, 6.07) is 8.87. The van der Waals surface area contributed by atoms with Crippen LogP contribution in [0.5, 0.6) is 0 Å². The molecule has 0 aromatic heterocycles. The molecule has 4 heteroatoms. The van der Waals surface area contributed by atoms with Crippen molar-refractivity contribution >= 4 is 21.8 Å².